The fourth-order valence-corrected chi connectivity index (χ4v) is 5.59. The lowest BCUT2D eigenvalue weighted by atomic mass is 10.2. The number of carbonyl (C=O) groups is 1. The Bertz CT molecular complexity index is 1900. The summed E-state index contributed by atoms with van der Waals surface area (Å²) in [6.07, 6.45) is 2.83. The summed E-state index contributed by atoms with van der Waals surface area (Å²) in [6.45, 7) is 1.75. The summed E-state index contributed by atoms with van der Waals surface area (Å²) < 4.78 is 25.4. The Balaban J connectivity index is 1.46. The molecule has 2 heterocycles. The van der Waals surface area contributed by atoms with Crippen LogP contribution in [0.1, 0.15) is 12.5 Å². The van der Waals surface area contributed by atoms with E-state index >= 15 is 0 Å². The summed E-state index contributed by atoms with van der Waals surface area (Å²) in [5.41, 5.74) is 3.39. The number of hydrogen-bond donors (Lipinski definition) is 1. The number of carbonyl (C=O) groups excluding carboxylic acids is 1. The number of imidazole rings is 1. The number of nitrogens with one attached hydrogen (secondary N) is 1. The summed E-state index contributed by atoms with van der Waals surface area (Å²) in [4.78, 5) is 30.1. The van der Waals surface area contributed by atoms with Crippen LogP contribution < -0.4 is 15.1 Å². The fraction of sp³-hybridized carbons (Fsp3) is 0.172. The van der Waals surface area contributed by atoms with Gasteiger partial charge in [-0.25, -0.2) is 18.4 Å². The molecule has 2 aromatic heterocycles. The van der Waals surface area contributed by atoms with Crippen LogP contribution in [0.25, 0.3) is 11.0 Å². The maximum absolute atomic E-state index is 13.0. The van der Waals surface area contributed by atoms with Gasteiger partial charge in [0.1, 0.15) is 5.82 Å². The highest BCUT2D eigenvalue weighted by Crippen LogP contribution is 2.33. The first kappa shape index (κ1) is 29.3. The van der Waals surface area contributed by atoms with E-state index in [1.165, 1.54) is 18.1 Å². The topological polar surface area (TPSA) is 113 Å². The number of para-hydroxylation sites is 2. The third-order valence-corrected chi connectivity index (χ3v) is 7.90. The minimum atomic E-state index is -3.17. The van der Waals surface area contributed by atoms with Crippen LogP contribution in [0.3, 0.4) is 0 Å². The van der Waals surface area contributed by atoms with Crippen LogP contribution in [0.15, 0.2) is 79.0 Å². The Morgan fingerprint density at radius 3 is 2.50 bits per heavy atom. The van der Waals surface area contributed by atoms with Gasteiger partial charge in [0.25, 0.3) is 0 Å². The quantitative estimate of drug-likeness (QED) is 0.206. The maximum Gasteiger partial charge on any atom is 0.230 e. The van der Waals surface area contributed by atoms with Crippen molar-refractivity contribution in [1.82, 2.24) is 19.5 Å². The van der Waals surface area contributed by atoms with Crippen molar-refractivity contribution in [3.8, 4) is 0 Å². The van der Waals surface area contributed by atoms with E-state index in [1.54, 1.807) is 48.7 Å². The minimum Gasteiger partial charge on any atom is -0.341 e. The predicted molar refractivity (Wildman–Crippen MR) is 168 cm³/mol. The average molecular weight is 625 g/mol. The average Bonchev–Trinajstić information content (AvgIpc) is 3.27. The molecule has 10 nitrogen and oxygen atoms in total. The largest absolute Gasteiger partial charge is 0.341 e. The highest BCUT2D eigenvalue weighted by Gasteiger charge is 2.24. The first-order chi connectivity index (χ1) is 20.0. The standard InChI is InChI=1S/C29H27Cl2N7O3S/c1-19(39)38(22-11-12-23(30)24(31)16-22)29-34-25-9-4-5-10-26(25)37(29)18-36(2)27-13-14-32-28(35-27)33-21-8-6-7-20(15-21)17-42(3,40)41/h4-16H,17-18H2,1-3H3,(H,32,33,35). The van der Waals surface area contributed by atoms with Crippen LogP contribution in [0.2, 0.25) is 10.0 Å². The predicted octanol–water partition coefficient (Wildman–Crippen LogP) is 6.20. The third kappa shape index (κ3) is 6.64. The molecule has 0 fully saturated rings. The number of rotatable bonds is 9. The van der Waals surface area contributed by atoms with E-state index in [1.807, 2.05) is 46.8 Å². The molecular weight excluding hydrogens is 597 g/mol. The molecule has 1 N–H and O–H groups in total. The molecule has 0 spiro atoms. The van der Waals surface area contributed by atoms with Crippen molar-refractivity contribution in [2.45, 2.75) is 19.3 Å². The van der Waals surface area contributed by atoms with Gasteiger partial charge in [-0.2, -0.15) is 4.98 Å². The van der Waals surface area contributed by atoms with Crippen molar-refractivity contribution < 1.29 is 13.2 Å². The molecule has 0 unspecified atom stereocenters. The molecule has 0 radical (unpaired) electrons. The molecule has 216 valence electrons. The van der Waals surface area contributed by atoms with Crippen molar-refractivity contribution in [3.63, 3.8) is 0 Å². The second-order valence-corrected chi connectivity index (χ2v) is 12.7. The molecular formula is C29H27Cl2N7O3S. The Labute approximate surface area is 253 Å². The number of hydrogen-bond acceptors (Lipinski definition) is 8. The Hall–Kier alpha value is -4.19. The van der Waals surface area contributed by atoms with E-state index in [-0.39, 0.29) is 11.7 Å². The summed E-state index contributed by atoms with van der Waals surface area (Å²) in [7, 11) is -1.30. The zero-order chi connectivity index (χ0) is 30.0. The summed E-state index contributed by atoms with van der Waals surface area (Å²) >= 11 is 12.4. The molecule has 5 rings (SSSR count). The fourth-order valence-electron chi connectivity index (χ4n) is 4.51. The van der Waals surface area contributed by atoms with Gasteiger partial charge >= 0.3 is 0 Å². The van der Waals surface area contributed by atoms with E-state index in [4.69, 9.17) is 28.2 Å². The van der Waals surface area contributed by atoms with E-state index in [9.17, 15) is 13.2 Å². The van der Waals surface area contributed by atoms with E-state index in [0.717, 1.165) is 5.52 Å². The first-order valence-corrected chi connectivity index (χ1v) is 15.6. The molecule has 0 saturated carbocycles. The monoisotopic (exact) mass is 623 g/mol. The van der Waals surface area contributed by atoms with Crippen LogP contribution in [0.4, 0.5) is 29.1 Å². The van der Waals surface area contributed by atoms with Gasteiger partial charge in [0.15, 0.2) is 9.84 Å². The lowest BCUT2D eigenvalue weighted by Gasteiger charge is -2.25. The van der Waals surface area contributed by atoms with E-state index < -0.39 is 9.84 Å². The van der Waals surface area contributed by atoms with Gasteiger partial charge in [-0.05, 0) is 54.1 Å². The summed E-state index contributed by atoms with van der Waals surface area (Å²) in [5.74, 6) is 1.04. The zero-order valence-electron chi connectivity index (χ0n) is 23.0. The number of amides is 1. The smallest absolute Gasteiger partial charge is 0.230 e. The van der Waals surface area contributed by atoms with Crippen LogP contribution in [-0.4, -0.2) is 47.1 Å². The van der Waals surface area contributed by atoms with Crippen molar-refractivity contribution in [2.24, 2.45) is 0 Å². The van der Waals surface area contributed by atoms with Gasteiger partial charge in [-0.15, -0.1) is 0 Å². The molecule has 0 aliphatic rings. The molecule has 0 aliphatic heterocycles. The molecule has 3 aromatic carbocycles. The van der Waals surface area contributed by atoms with Crippen molar-refractivity contribution >= 4 is 79.1 Å². The number of fused-ring (bicyclic) bond motifs is 1. The molecule has 5 aromatic rings. The van der Waals surface area contributed by atoms with Gasteiger partial charge in [-0.3, -0.25) is 14.3 Å². The van der Waals surface area contributed by atoms with Crippen molar-refractivity contribution in [1.29, 1.82) is 0 Å². The Kier molecular flexibility index (Phi) is 8.35. The molecule has 1 amide bonds. The molecule has 0 saturated heterocycles. The van der Waals surface area contributed by atoms with Gasteiger partial charge in [0, 0.05) is 32.1 Å². The van der Waals surface area contributed by atoms with Gasteiger partial charge in [0.05, 0.1) is 39.2 Å². The number of anilines is 5. The maximum atomic E-state index is 13.0. The lowest BCUT2D eigenvalue weighted by Crippen LogP contribution is -2.29. The highest BCUT2D eigenvalue weighted by molar-refractivity contribution is 7.89. The van der Waals surface area contributed by atoms with Crippen LogP contribution >= 0.6 is 23.2 Å². The minimum absolute atomic E-state index is 0.0626. The Morgan fingerprint density at radius 1 is 0.976 bits per heavy atom. The highest BCUT2D eigenvalue weighted by atomic mass is 35.5. The SMILES string of the molecule is CC(=O)N(c1ccc(Cl)c(Cl)c1)c1nc2ccccc2n1CN(C)c1ccnc(Nc2cccc(CS(C)(=O)=O)c2)n1. The van der Waals surface area contributed by atoms with Crippen molar-refractivity contribution in [3.05, 3.63) is 94.6 Å². The second kappa shape index (κ2) is 12.0. The third-order valence-electron chi connectivity index (χ3n) is 6.31. The molecule has 13 heteroatoms. The lowest BCUT2D eigenvalue weighted by molar-refractivity contribution is -0.115. The summed E-state index contributed by atoms with van der Waals surface area (Å²) in [5, 5.41) is 3.85. The number of halogens is 2. The number of nitrogens with zero attached hydrogens (tertiary/aromatic N) is 6. The van der Waals surface area contributed by atoms with E-state index in [0.29, 0.717) is 56.9 Å². The molecule has 0 atom stereocenters. The van der Waals surface area contributed by atoms with E-state index in [2.05, 4.69) is 15.3 Å². The van der Waals surface area contributed by atoms with Crippen molar-refractivity contribution in [2.75, 3.05) is 28.4 Å². The Morgan fingerprint density at radius 2 is 1.76 bits per heavy atom. The van der Waals surface area contributed by atoms with Gasteiger partial charge in [0.2, 0.25) is 17.8 Å². The number of aromatic nitrogens is 4. The first-order valence-electron chi connectivity index (χ1n) is 12.8. The molecule has 0 bridgehead atoms. The normalized spacial score (nSPS) is 11.5. The zero-order valence-corrected chi connectivity index (χ0v) is 25.3. The van der Waals surface area contributed by atoms with Gasteiger partial charge < -0.3 is 10.2 Å². The molecule has 42 heavy (non-hydrogen) atoms. The number of sulfone groups is 1. The van der Waals surface area contributed by atoms with Crippen LogP contribution in [0.5, 0.6) is 0 Å². The number of benzene rings is 3. The van der Waals surface area contributed by atoms with Crippen LogP contribution in [-0.2, 0) is 27.1 Å². The second-order valence-electron chi connectivity index (χ2n) is 9.75. The van der Waals surface area contributed by atoms with Crippen LogP contribution in [0, 0.1) is 0 Å². The summed E-state index contributed by atoms with van der Waals surface area (Å²) in [6, 6.07) is 21.5. The molecule has 0 aliphatic carbocycles. The van der Waals surface area contributed by atoms with Gasteiger partial charge in [-0.1, -0.05) is 47.5 Å².